The van der Waals surface area contributed by atoms with Gasteiger partial charge in [0.15, 0.2) is 0 Å². The lowest BCUT2D eigenvalue weighted by Gasteiger charge is -2.39. The van der Waals surface area contributed by atoms with Gasteiger partial charge in [-0.1, -0.05) is 44.9 Å². The second kappa shape index (κ2) is 6.34. The maximum Gasteiger partial charge on any atom is 0.147 e. The van der Waals surface area contributed by atoms with Gasteiger partial charge in [-0.05, 0) is 49.1 Å². The fourth-order valence-electron chi connectivity index (χ4n) is 3.15. The molecule has 3 heteroatoms. The van der Waals surface area contributed by atoms with Crippen molar-refractivity contribution < 1.29 is 4.39 Å². The first kappa shape index (κ1) is 15.6. The Kier molecular flexibility index (Phi) is 4.95. The molecule has 0 atom stereocenters. The summed E-state index contributed by atoms with van der Waals surface area (Å²) in [6, 6.07) is 5.18. The Morgan fingerprint density at radius 3 is 2.45 bits per heavy atom. The minimum absolute atomic E-state index is 0.256. The molecule has 1 aliphatic carbocycles. The molecule has 1 saturated carbocycles. The van der Waals surface area contributed by atoms with Gasteiger partial charge in [0, 0.05) is 6.04 Å². The lowest BCUT2D eigenvalue weighted by molar-refractivity contribution is 0.147. The number of halogens is 2. The van der Waals surface area contributed by atoms with E-state index in [9.17, 15) is 4.39 Å². The van der Waals surface area contributed by atoms with Crippen LogP contribution in [0.15, 0.2) is 18.2 Å². The van der Waals surface area contributed by atoms with E-state index in [1.165, 1.54) is 25.3 Å². The highest BCUT2D eigenvalue weighted by Gasteiger charge is 2.32. The summed E-state index contributed by atoms with van der Waals surface area (Å²) in [5, 5.41) is 3.77. The molecule has 0 saturated heterocycles. The number of rotatable bonds is 4. The number of nitrogens with one attached hydrogen (secondary N) is 1. The van der Waals surface area contributed by atoms with Gasteiger partial charge in [0.05, 0.1) is 10.7 Å². The van der Waals surface area contributed by atoms with Crippen molar-refractivity contribution in [3.8, 4) is 0 Å². The average molecular weight is 298 g/mol. The van der Waals surface area contributed by atoms with Crippen LogP contribution in [0.1, 0.15) is 52.9 Å². The molecule has 0 spiro atoms. The van der Waals surface area contributed by atoms with Crippen molar-refractivity contribution in [3.63, 3.8) is 0 Å². The molecule has 0 amide bonds. The smallest absolute Gasteiger partial charge is 0.147 e. The Bertz CT molecular complexity index is 430. The zero-order valence-electron chi connectivity index (χ0n) is 12.7. The lowest BCUT2D eigenvalue weighted by Crippen LogP contribution is -2.33. The first-order chi connectivity index (χ1) is 9.44. The number of hydrogen-bond acceptors (Lipinski definition) is 1. The minimum Gasteiger partial charge on any atom is -0.379 e. The predicted octanol–water partition coefficient (Wildman–Crippen LogP) is 5.89. The Morgan fingerprint density at radius 2 is 1.90 bits per heavy atom. The van der Waals surface area contributed by atoms with Gasteiger partial charge >= 0.3 is 0 Å². The Balaban J connectivity index is 1.95. The zero-order valence-corrected chi connectivity index (χ0v) is 13.4. The number of anilines is 1. The zero-order chi connectivity index (χ0) is 14.8. The maximum atomic E-state index is 13.8. The van der Waals surface area contributed by atoms with Crippen LogP contribution in [-0.2, 0) is 0 Å². The number of benzene rings is 1. The third-order valence-electron chi connectivity index (χ3n) is 5.05. The van der Waals surface area contributed by atoms with Gasteiger partial charge in [0.2, 0.25) is 0 Å². The molecule has 1 fully saturated rings. The quantitative estimate of drug-likeness (QED) is 0.731. The van der Waals surface area contributed by atoms with Crippen LogP contribution >= 0.6 is 11.6 Å². The molecule has 0 aromatic heterocycles. The summed E-state index contributed by atoms with van der Waals surface area (Å²) in [6.45, 7) is 6.99. The standard InChI is InChI=1S/C17H25ClFN/c1-4-17(2,3)12-8-10-13(11-9-12)20-16-14(18)6-5-7-15(16)19/h5-7,12-13,20H,4,8-11H2,1-3H3. The molecule has 0 bridgehead atoms. The van der Waals surface area contributed by atoms with E-state index in [0.717, 1.165) is 18.8 Å². The molecule has 0 unspecified atom stereocenters. The van der Waals surface area contributed by atoms with Crippen LogP contribution in [0.2, 0.25) is 5.02 Å². The van der Waals surface area contributed by atoms with Gasteiger partial charge in [-0.2, -0.15) is 0 Å². The van der Waals surface area contributed by atoms with Crippen LogP contribution in [0, 0.1) is 17.2 Å². The van der Waals surface area contributed by atoms with Gasteiger partial charge in [-0.3, -0.25) is 0 Å². The summed E-state index contributed by atoms with van der Waals surface area (Å²) in [4.78, 5) is 0. The summed E-state index contributed by atoms with van der Waals surface area (Å²) >= 11 is 6.07. The summed E-state index contributed by atoms with van der Waals surface area (Å²) in [7, 11) is 0. The average Bonchev–Trinajstić information content (AvgIpc) is 2.43. The molecule has 1 N–H and O–H groups in total. The van der Waals surface area contributed by atoms with E-state index >= 15 is 0 Å². The van der Waals surface area contributed by atoms with Gasteiger partial charge in [-0.15, -0.1) is 0 Å². The summed E-state index contributed by atoms with van der Waals surface area (Å²) in [5.74, 6) is 0.523. The third kappa shape index (κ3) is 3.46. The minimum atomic E-state index is -0.256. The summed E-state index contributed by atoms with van der Waals surface area (Å²) in [5.41, 5.74) is 0.882. The highest BCUT2D eigenvalue weighted by Crippen LogP contribution is 2.41. The van der Waals surface area contributed by atoms with Crippen molar-refractivity contribution in [2.24, 2.45) is 11.3 Å². The Labute approximate surface area is 126 Å². The van der Waals surface area contributed by atoms with Crippen molar-refractivity contribution >= 4 is 17.3 Å². The maximum absolute atomic E-state index is 13.8. The summed E-state index contributed by atoms with van der Waals surface area (Å²) in [6.07, 6.45) is 5.83. The normalized spacial score (nSPS) is 23.6. The first-order valence-electron chi connectivity index (χ1n) is 7.64. The number of para-hydroxylation sites is 1. The van der Waals surface area contributed by atoms with Gasteiger partial charge in [0.1, 0.15) is 5.82 Å². The fraction of sp³-hybridized carbons (Fsp3) is 0.647. The highest BCUT2D eigenvalue weighted by atomic mass is 35.5. The molecule has 1 aliphatic rings. The topological polar surface area (TPSA) is 12.0 Å². The predicted molar refractivity (Wildman–Crippen MR) is 84.9 cm³/mol. The van der Waals surface area contributed by atoms with Crippen molar-refractivity contribution in [1.29, 1.82) is 0 Å². The highest BCUT2D eigenvalue weighted by molar-refractivity contribution is 6.33. The van der Waals surface area contributed by atoms with E-state index in [1.54, 1.807) is 12.1 Å². The molecule has 20 heavy (non-hydrogen) atoms. The molecule has 1 nitrogen and oxygen atoms in total. The van der Waals surface area contributed by atoms with Crippen LogP contribution in [0.4, 0.5) is 10.1 Å². The third-order valence-corrected chi connectivity index (χ3v) is 5.37. The molecule has 2 rings (SSSR count). The van der Waals surface area contributed by atoms with Crippen LogP contribution in [0.3, 0.4) is 0 Å². The van der Waals surface area contributed by atoms with E-state index in [1.807, 2.05) is 0 Å². The van der Waals surface area contributed by atoms with E-state index < -0.39 is 0 Å². The van der Waals surface area contributed by atoms with E-state index in [2.05, 4.69) is 26.1 Å². The van der Waals surface area contributed by atoms with Crippen molar-refractivity contribution in [2.75, 3.05) is 5.32 Å². The van der Waals surface area contributed by atoms with E-state index in [0.29, 0.717) is 22.2 Å². The van der Waals surface area contributed by atoms with Crippen LogP contribution < -0.4 is 5.32 Å². The largest absolute Gasteiger partial charge is 0.379 e. The molecular weight excluding hydrogens is 273 g/mol. The second-order valence-electron chi connectivity index (χ2n) is 6.63. The number of hydrogen-bond donors (Lipinski definition) is 1. The van der Waals surface area contributed by atoms with E-state index in [-0.39, 0.29) is 5.82 Å². The molecule has 0 heterocycles. The molecule has 1 aromatic carbocycles. The fourth-order valence-corrected chi connectivity index (χ4v) is 3.37. The lowest BCUT2D eigenvalue weighted by atomic mass is 9.69. The van der Waals surface area contributed by atoms with Gasteiger partial charge < -0.3 is 5.32 Å². The van der Waals surface area contributed by atoms with Crippen molar-refractivity contribution in [2.45, 2.75) is 58.9 Å². The molecule has 112 valence electrons. The monoisotopic (exact) mass is 297 g/mol. The van der Waals surface area contributed by atoms with Gasteiger partial charge in [-0.25, -0.2) is 4.39 Å². The first-order valence-corrected chi connectivity index (χ1v) is 8.02. The molecule has 0 radical (unpaired) electrons. The van der Waals surface area contributed by atoms with Crippen molar-refractivity contribution in [3.05, 3.63) is 29.0 Å². The SMILES string of the molecule is CCC(C)(C)C1CCC(Nc2c(F)cccc2Cl)CC1. The van der Waals surface area contributed by atoms with Crippen LogP contribution in [-0.4, -0.2) is 6.04 Å². The molecular formula is C17H25ClFN. The Hall–Kier alpha value is -0.760. The Morgan fingerprint density at radius 1 is 1.25 bits per heavy atom. The van der Waals surface area contributed by atoms with Gasteiger partial charge in [0.25, 0.3) is 0 Å². The summed E-state index contributed by atoms with van der Waals surface area (Å²) < 4.78 is 13.8. The van der Waals surface area contributed by atoms with Crippen LogP contribution in [0.25, 0.3) is 0 Å². The molecule has 1 aromatic rings. The van der Waals surface area contributed by atoms with Crippen LogP contribution in [0.5, 0.6) is 0 Å². The van der Waals surface area contributed by atoms with E-state index in [4.69, 9.17) is 11.6 Å². The second-order valence-corrected chi connectivity index (χ2v) is 7.04. The van der Waals surface area contributed by atoms with Crippen molar-refractivity contribution in [1.82, 2.24) is 0 Å². The molecule has 0 aliphatic heterocycles.